The number of esters is 1. The molecule has 15 heteroatoms. The van der Waals surface area contributed by atoms with Crippen molar-refractivity contribution in [1.82, 2.24) is 15.2 Å². The maximum Gasteiger partial charge on any atom is 0.352 e. The van der Waals surface area contributed by atoms with Gasteiger partial charge in [-0.3, -0.25) is 19.3 Å². The number of aliphatic carboxylic acids is 1. The summed E-state index contributed by atoms with van der Waals surface area (Å²) in [5.41, 5.74) is 5.26. The maximum absolute atomic E-state index is 12.8. The fourth-order valence-corrected chi connectivity index (χ4v) is 5.60. The number of amides is 2. The van der Waals surface area contributed by atoms with Crippen LogP contribution in [0.3, 0.4) is 0 Å². The third-order valence-corrected chi connectivity index (χ3v) is 7.04. The predicted octanol–water partition coefficient (Wildman–Crippen LogP) is -0.587. The first-order chi connectivity index (χ1) is 14.9. The highest BCUT2D eigenvalue weighted by Gasteiger charge is 2.54. The number of hydrogen-bond acceptors (Lipinski definition) is 11. The van der Waals surface area contributed by atoms with Gasteiger partial charge in [0.05, 0.1) is 11.3 Å². The van der Waals surface area contributed by atoms with Gasteiger partial charge in [0.1, 0.15) is 23.7 Å². The van der Waals surface area contributed by atoms with E-state index in [1.807, 2.05) is 0 Å². The molecular weight excluding hydrogens is 484 g/mol. The second-order valence-corrected chi connectivity index (χ2v) is 10.7. The minimum absolute atomic E-state index is 0.0325. The number of fused-ring (bicyclic) bond motifs is 1. The lowest BCUT2D eigenvalue weighted by Crippen LogP contribution is -2.70. The number of nitrogens with zero attached hydrogens (tertiary/aromatic N) is 2. The first-order valence-corrected chi connectivity index (χ1v) is 12.7. The molecule has 0 aliphatic carbocycles. The number of nitrogen functional groups attached to an aromatic ring is 1. The van der Waals surface area contributed by atoms with Crippen molar-refractivity contribution in [3.05, 3.63) is 27.8 Å². The minimum atomic E-state index is -3.74. The van der Waals surface area contributed by atoms with Crippen LogP contribution >= 0.6 is 23.1 Å². The number of β-lactam (4-membered cyclic amide) rings is 1. The summed E-state index contributed by atoms with van der Waals surface area (Å²) in [7, 11) is -3.74. The van der Waals surface area contributed by atoms with Gasteiger partial charge in [-0.05, 0) is 0 Å². The van der Waals surface area contributed by atoms with Crippen LogP contribution in [0.4, 0.5) is 5.13 Å². The van der Waals surface area contributed by atoms with Crippen molar-refractivity contribution in [3.8, 4) is 0 Å². The molecule has 1 aromatic heterocycles. The SMILES string of the molecule is CC(=O)OCC1=C(C(=O)O)N2C(=O)C(NC(=O)C(=CS(C)(=O)=O)c3csc(N)n3)[C@@H]2SC1. The average Bonchev–Trinajstić information content (AvgIpc) is 3.12. The fourth-order valence-electron chi connectivity index (χ4n) is 3.06. The van der Waals surface area contributed by atoms with Crippen LogP contribution in [0.1, 0.15) is 12.6 Å². The van der Waals surface area contributed by atoms with E-state index in [4.69, 9.17) is 10.5 Å². The number of carboxylic acid groups (broad SMARTS) is 1. The molecule has 1 saturated heterocycles. The predicted molar refractivity (Wildman–Crippen MR) is 116 cm³/mol. The second-order valence-electron chi connectivity index (χ2n) is 6.83. The largest absolute Gasteiger partial charge is 0.477 e. The number of anilines is 1. The van der Waals surface area contributed by atoms with Crippen molar-refractivity contribution in [3.63, 3.8) is 0 Å². The molecule has 1 aromatic rings. The van der Waals surface area contributed by atoms with E-state index in [9.17, 15) is 32.7 Å². The van der Waals surface area contributed by atoms with Gasteiger partial charge in [-0.1, -0.05) is 0 Å². The van der Waals surface area contributed by atoms with Crippen LogP contribution in [0.2, 0.25) is 0 Å². The fraction of sp³-hybridized carbons (Fsp3) is 0.353. The first kappa shape index (κ1) is 23.7. The van der Waals surface area contributed by atoms with Gasteiger partial charge >= 0.3 is 11.9 Å². The van der Waals surface area contributed by atoms with Gasteiger partial charge in [0.25, 0.3) is 11.8 Å². The van der Waals surface area contributed by atoms with E-state index in [2.05, 4.69) is 10.3 Å². The number of nitrogens with one attached hydrogen (secondary N) is 1. The van der Waals surface area contributed by atoms with Crippen LogP contribution in [-0.4, -0.2) is 77.2 Å². The molecule has 1 fully saturated rings. The van der Waals surface area contributed by atoms with E-state index in [0.717, 1.165) is 27.9 Å². The van der Waals surface area contributed by atoms with E-state index in [1.165, 1.54) is 24.1 Å². The molecule has 1 unspecified atom stereocenters. The molecule has 0 aromatic carbocycles. The zero-order chi connectivity index (χ0) is 23.8. The summed E-state index contributed by atoms with van der Waals surface area (Å²) in [5, 5.41) is 13.6. The van der Waals surface area contributed by atoms with Crippen molar-refractivity contribution in [2.45, 2.75) is 18.3 Å². The van der Waals surface area contributed by atoms with Crippen LogP contribution in [0.15, 0.2) is 22.1 Å². The number of carbonyl (C=O) groups is 4. The molecule has 172 valence electrons. The van der Waals surface area contributed by atoms with Crippen LogP contribution < -0.4 is 11.1 Å². The summed E-state index contributed by atoms with van der Waals surface area (Å²) in [6.07, 6.45) is 0.901. The molecular formula is C17H18N4O8S3. The van der Waals surface area contributed by atoms with Crippen LogP contribution in [0, 0.1) is 0 Å². The Labute approximate surface area is 190 Å². The van der Waals surface area contributed by atoms with Gasteiger partial charge in [-0.2, -0.15) is 0 Å². The number of rotatable bonds is 7. The molecule has 2 atom stereocenters. The second kappa shape index (κ2) is 8.91. The molecule has 2 aliphatic heterocycles. The summed E-state index contributed by atoms with van der Waals surface area (Å²) < 4.78 is 28.4. The molecule has 0 bridgehead atoms. The number of sulfone groups is 1. The zero-order valence-electron chi connectivity index (χ0n) is 16.7. The number of hydrogen-bond donors (Lipinski definition) is 3. The Morgan fingerprint density at radius 3 is 2.66 bits per heavy atom. The summed E-state index contributed by atoms with van der Waals surface area (Å²) >= 11 is 2.19. The molecule has 4 N–H and O–H groups in total. The Balaban J connectivity index is 1.83. The van der Waals surface area contributed by atoms with Gasteiger partial charge in [0.15, 0.2) is 15.0 Å². The number of nitrogens with two attached hydrogens (primary N) is 1. The number of carboxylic acids is 1. The first-order valence-electron chi connectivity index (χ1n) is 8.86. The lowest BCUT2D eigenvalue weighted by Gasteiger charge is -2.49. The standard InChI is InChI=1S/C17H18N4O8S3/c1-7(22)29-3-8-4-30-15-11(14(24)21(15)12(8)16(25)26)20-13(23)9(6-32(2,27)28)10-5-31-17(18)19-10/h5-6,11,15H,3-4H2,1-2H3,(H2,18,19)(H,20,23)(H,25,26)/t11?,15-/m0/s1. The number of thioether (sulfide) groups is 1. The lowest BCUT2D eigenvalue weighted by atomic mass is 10.0. The quantitative estimate of drug-likeness (QED) is 0.246. The van der Waals surface area contributed by atoms with Crippen LogP contribution in [-0.2, 0) is 33.8 Å². The summed E-state index contributed by atoms with van der Waals surface area (Å²) in [6.45, 7) is 0.904. The Morgan fingerprint density at radius 2 is 2.12 bits per heavy atom. The Kier molecular flexibility index (Phi) is 6.61. The van der Waals surface area contributed by atoms with Gasteiger partial charge in [0, 0.05) is 35.3 Å². The highest BCUT2D eigenvalue weighted by atomic mass is 32.2. The van der Waals surface area contributed by atoms with Gasteiger partial charge < -0.3 is 20.9 Å². The molecule has 12 nitrogen and oxygen atoms in total. The molecule has 0 saturated carbocycles. The monoisotopic (exact) mass is 502 g/mol. The van der Waals surface area contributed by atoms with Gasteiger partial charge in [-0.15, -0.1) is 23.1 Å². The van der Waals surface area contributed by atoms with E-state index < -0.39 is 45.0 Å². The maximum atomic E-state index is 12.8. The highest BCUT2D eigenvalue weighted by Crippen LogP contribution is 2.40. The topological polar surface area (TPSA) is 186 Å². The number of ether oxygens (including phenoxy) is 1. The molecule has 3 rings (SSSR count). The van der Waals surface area contributed by atoms with Gasteiger partial charge in [-0.25, -0.2) is 18.2 Å². The Hall–Kier alpha value is -2.91. The summed E-state index contributed by atoms with van der Waals surface area (Å²) in [6, 6.07) is -1.09. The van der Waals surface area contributed by atoms with Crippen molar-refractivity contribution >= 4 is 67.4 Å². The van der Waals surface area contributed by atoms with Crippen molar-refractivity contribution in [2.24, 2.45) is 0 Å². The molecule has 2 aliphatic rings. The zero-order valence-corrected chi connectivity index (χ0v) is 19.2. The lowest BCUT2D eigenvalue weighted by molar-refractivity contribution is -0.150. The van der Waals surface area contributed by atoms with Gasteiger partial charge in [0.2, 0.25) is 0 Å². The third-order valence-electron chi connectivity index (χ3n) is 4.36. The average molecular weight is 503 g/mol. The number of aromatic nitrogens is 1. The Morgan fingerprint density at radius 1 is 1.44 bits per heavy atom. The van der Waals surface area contributed by atoms with E-state index in [-0.39, 0.29) is 40.0 Å². The van der Waals surface area contributed by atoms with Crippen molar-refractivity contribution in [1.29, 1.82) is 0 Å². The number of carbonyl (C=O) groups excluding carboxylic acids is 3. The molecule has 0 spiro atoms. The van der Waals surface area contributed by atoms with E-state index in [0.29, 0.717) is 0 Å². The number of thiazole rings is 1. The van der Waals surface area contributed by atoms with Crippen LogP contribution in [0.25, 0.3) is 5.57 Å². The third kappa shape index (κ3) is 4.94. The Bertz CT molecular complexity index is 1170. The molecule has 2 amide bonds. The summed E-state index contributed by atoms with van der Waals surface area (Å²) in [5.74, 6) is -3.37. The van der Waals surface area contributed by atoms with E-state index >= 15 is 0 Å². The van der Waals surface area contributed by atoms with E-state index in [1.54, 1.807) is 0 Å². The highest BCUT2D eigenvalue weighted by molar-refractivity contribution is 8.00. The molecule has 0 radical (unpaired) electrons. The van der Waals surface area contributed by atoms with Crippen molar-refractivity contribution < 1.29 is 37.4 Å². The van der Waals surface area contributed by atoms with Crippen LogP contribution in [0.5, 0.6) is 0 Å². The van der Waals surface area contributed by atoms with Crippen molar-refractivity contribution in [2.75, 3.05) is 24.3 Å². The molecule has 3 heterocycles. The minimum Gasteiger partial charge on any atom is -0.477 e. The summed E-state index contributed by atoms with van der Waals surface area (Å²) in [4.78, 5) is 53.3. The molecule has 32 heavy (non-hydrogen) atoms. The smallest absolute Gasteiger partial charge is 0.352 e. The normalized spacial score (nSPS) is 21.0.